The number of rotatable bonds is 5. The van der Waals surface area contributed by atoms with Crippen LogP contribution < -0.4 is 16.4 Å². The van der Waals surface area contributed by atoms with Gasteiger partial charge in [-0.1, -0.05) is 19.9 Å². The highest BCUT2D eigenvalue weighted by Gasteiger charge is 2.26. The number of nitrogens with two attached hydrogens (primary N) is 1. The van der Waals surface area contributed by atoms with Gasteiger partial charge in [0.2, 0.25) is 11.8 Å². The van der Waals surface area contributed by atoms with Gasteiger partial charge in [0.15, 0.2) is 0 Å². The maximum atomic E-state index is 12.8. The van der Waals surface area contributed by atoms with Gasteiger partial charge >= 0.3 is 0 Å². The van der Waals surface area contributed by atoms with Crippen LogP contribution in [0, 0.1) is 18.8 Å². The Morgan fingerprint density at radius 2 is 1.81 bits per heavy atom. The van der Waals surface area contributed by atoms with Gasteiger partial charge in [-0.3, -0.25) is 14.4 Å². The molecule has 0 aromatic heterocycles. The number of carbonyl (C=O) groups excluding carboxylic acids is 3. The van der Waals surface area contributed by atoms with E-state index in [1.165, 1.54) is 0 Å². The van der Waals surface area contributed by atoms with Gasteiger partial charge in [-0.15, -0.1) is 0 Å². The molecule has 3 amide bonds. The van der Waals surface area contributed by atoms with E-state index in [0.29, 0.717) is 23.1 Å². The molecule has 2 rings (SSSR count). The SMILES string of the molecule is Cc1ccc(C(=O)N2CC(C)CC(C)C2)cc1NC(=O)CNC(=O)CN. The molecule has 0 saturated carbocycles. The summed E-state index contributed by atoms with van der Waals surface area (Å²) < 4.78 is 0. The van der Waals surface area contributed by atoms with Crippen LogP contribution in [0.15, 0.2) is 18.2 Å². The fourth-order valence-electron chi connectivity index (χ4n) is 3.35. The van der Waals surface area contributed by atoms with Gasteiger partial charge in [-0.2, -0.15) is 0 Å². The third kappa shape index (κ3) is 5.29. The number of anilines is 1. The van der Waals surface area contributed by atoms with E-state index >= 15 is 0 Å². The summed E-state index contributed by atoms with van der Waals surface area (Å²) in [6.07, 6.45) is 1.13. The highest BCUT2D eigenvalue weighted by atomic mass is 16.2. The van der Waals surface area contributed by atoms with Gasteiger partial charge in [0.05, 0.1) is 13.1 Å². The Morgan fingerprint density at radius 3 is 2.42 bits per heavy atom. The van der Waals surface area contributed by atoms with Gasteiger partial charge in [0.25, 0.3) is 5.91 Å². The highest BCUT2D eigenvalue weighted by Crippen LogP contribution is 2.24. The lowest BCUT2D eigenvalue weighted by Crippen LogP contribution is -2.42. The fourth-order valence-corrected chi connectivity index (χ4v) is 3.35. The zero-order chi connectivity index (χ0) is 19.3. The molecular weight excluding hydrogens is 332 g/mol. The molecule has 142 valence electrons. The topological polar surface area (TPSA) is 105 Å². The molecule has 0 aliphatic carbocycles. The molecule has 0 radical (unpaired) electrons. The Bertz CT molecular complexity index is 679. The minimum Gasteiger partial charge on any atom is -0.346 e. The zero-order valence-electron chi connectivity index (χ0n) is 15.7. The number of amides is 3. The Hall–Kier alpha value is -2.41. The average Bonchev–Trinajstić information content (AvgIpc) is 2.60. The lowest BCUT2D eigenvalue weighted by atomic mass is 9.91. The molecule has 2 atom stereocenters. The molecule has 1 heterocycles. The number of hydrogen-bond donors (Lipinski definition) is 3. The van der Waals surface area contributed by atoms with E-state index in [1.807, 2.05) is 17.9 Å². The van der Waals surface area contributed by atoms with Crippen molar-refractivity contribution in [3.8, 4) is 0 Å². The first-order valence-electron chi connectivity index (χ1n) is 8.96. The predicted molar refractivity (Wildman–Crippen MR) is 101 cm³/mol. The van der Waals surface area contributed by atoms with E-state index < -0.39 is 5.91 Å². The molecule has 7 heteroatoms. The molecule has 2 unspecified atom stereocenters. The van der Waals surface area contributed by atoms with Gasteiger partial charge in [-0.25, -0.2) is 0 Å². The molecule has 4 N–H and O–H groups in total. The largest absolute Gasteiger partial charge is 0.346 e. The molecule has 1 aromatic carbocycles. The second kappa shape index (κ2) is 8.80. The van der Waals surface area contributed by atoms with Crippen LogP contribution in [0.4, 0.5) is 5.69 Å². The van der Waals surface area contributed by atoms with Crippen molar-refractivity contribution in [2.45, 2.75) is 27.2 Å². The van der Waals surface area contributed by atoms with Crippen LogP contribution in [0.3, 0.4) is 0 Å². The third-order valence-electron chi connectivity index (χ3n) is 4.55. The van der Waals surface area contributed by atoms with Crippen LogP contribution >= 0.6 is 0 Å². The van der Waals surface area contributed by atoms with Crippen LogP contribution in [0.2, 0.25) is 0 Å². The van der Waals surface area contributed by atoms with Gasteiger partial charge in [-0.05, 0) is 42.9 Å². The van der Waals surface area contributed by atoms with Crippen molar-refractivity contribution in [2.24, 2.45) is 17.6 Å². The second-order valence-corrected chi connectivity index (χ2v) is 7.21. The summed E-state index contributed by atoms with van der Waals surface area (Å²) in [6.45, 7) is 7.36. The molecule has 1 aliphatic heterocycles. The molecule has 0 bridgehead atoms. The summed E-state index contributed by atoms with van der Waals surface area (Å²) in [5.74, 6) is 0.196. The molecule has 0 spiro atoms. The Morgan fingerprint density at radius 1 is 1.15 bits per heavy atom. The fraction of sp³-hybridized carbons (Fsp3) is 0.526. The van der Waals surface area contributed by atoms with E-state index in [-0.39, 0.29) is 24.9 Å². The number of piperidine rings is 1. The number of hydrogen-bond acceptors (Lipinski definition) is 4. The van der Waals surface area contributed by atoms with E-state index in [4.69, 9.17) is 5.73 Å². The summed E-state index contributed by atoms with van der Waals surface area (Å²) in [7, 11) is 0. The Labute approximate surface area is 154 Å². The normalized spacial score (nSPS) is 19.8. The summed E-state index contributed by atoms with van der Waals surface area (Å²) >= 11 is 0. The van der Waals surface area contributed by atoms with Crippen molar-refractivity contribution in [1.82, 2.24) is 10.2 Å². The lowest BCUT2D eigenvalue weighted by Gasteiger charge is -2.35. The number of benzene rings is 1. The van der Waals surface area contributed by atoms with Crippen molar-refractivity contribution < 1.29 is 14.4 Å². The van der Waals surface area contributed by atoms with Crippen molar-refractivity contribution in [3.63, 3.8) is 0 Å². The van der Waals surface area contributed by atoms with Crippen LogP contribution in [-0.2, 0) is 9.59 Å². The molecule has 1 fully saturated rings. The van der Waals surface area contributed by atoms with E-state index in [9.17, 15) is 14.4 Å². The van der Waals surface area contributed by atoms with Crippen molar-refractivity contribution in [1.29, 1.82) is 0 Å². The Balaban J connectivity index is 2.07. The minimum atomic E-state index is -0.394. The number of nitrogens with zero attached hydrogens (tertiary/aromatic N) is 1. The van der Waals surface area contributed by atoms with Crippen molar-refractivity contribution in [3.05, 3.63) is 29.3 Å². The smallest absolute Gasteiger partial charge is 0.253 e. The van der Waals surface area contributed by atoms with Gasteiger partial charge in [0.1, 0.15) is 0 Å². The van der Waals surface area contributed by atoms with Crippen LogP contribution in [0.5, 0.6) is 0 Å². The summed E-state index contributed by atoms with van der Waals surface area (Å²) in [4.78, 5) is 37.9. The lowest BCUT2D eigenvalue weighted by molar-refractivity contribution is -0.123. The second-order valence-electron chi connectivity index (χ2n) is 7.21. The maximum absolute atomic E-state index is 12.8. The summed E-state index contributed by atoms with van der Waals surface area (Å²) in [6, 6.07) is 5.30. The molecule has 1 saturated heterocycles. The predicted octanol–water partition coefficient (Wildman–Crippen LogP) is 1.13. The number of nitrogens with one attached hydrogen (secondary N) is 2. The first-order chi connectivity index (χ1) is 12.3. The maximum Gasteiger partial charge on any atom is 0.253 e. The number of carbonyl (C=O) groups is 3. The summed E-state index contributed by atoms with van der Waals surface area (Å²) in [5.41, 5.74) is 7.16. The molecular formula is C19H28N4O3. The van der Waals surface area contributed by atoms with E-state index in [2.05, 4.69) is 24.5 Å². The molecule has 1 aliphatic rings. The molecule has 1 aromatic rings. The quantitative estimate of drug-likeness (QED) is 0.732. The zero-order valence-corrected chi connectivity index (χ0v) is 15.7. The average molecular weight is 360 g/mol. The molecule has 26 heavy (non-hydrogen) atoms. The van der Waals surface area contributed by atoms with Crippen LogP contribution in [-0.4, -0.2) is 48.8 Å². The van der Waals surface area contributed by atoms with Crippen LogP contribution in [0.1, 0.15) is 36.2 Å². The van der Waals surface area contributed by atoms with Gasteiger partial charge in [0, 0.05) is 24.3 Å². The van der Waals surface area contributed by atoms with Crippen molar-refractivity contribution in [2.75, 3.05) is 31.5 Å². The first kappa shape index (κ1) is 19.9. The number of likely N-dealkylation sites (tertiary alicyclic amines) is 1. The standard InChI is InChI=1S/C19H28N4O3/c1-12-6-13(2)11-23(10-12)19(26)15-5-4-14(3)16(7-15)22-18(25)9-21-17(24)8-20/h4-5,7,12-13H,6,8-11,20H2,1-3H3,(H,21,24)(H,22,25). The Kier molecular flexibility index (Phi) is 6.74. The third-order valence-corrected chi connectivity index (χ3v) is 4.55. The van der Waals surface area contributed by atoms with Gasteiger partial charge < -0.3 is 21.3 Å². The minimum absolute atomic E-state index is 0.0182. The number of aryl methyl sites for hydroxylation is 1. The van der Waals surface area contributed by atoms with Crippen molar-refractivity contribution >= 4 is 23.4 Å². The van der Waals surface area contributed by atoms with E-state index in [1.54, 1.807) is 12.1 Å². The summed E-state index contributed by atoms with van der Waals surface area (Å²) in [5, 5.41) is 5.16. The molecule has 7 nitrogen and oxygen atoms in total. The monoisotopic (exact) mass is 360 g/mol. The van der Waals surface area contributed by atoms with Crippen LogP contribution in [0.25, 0.3) is 0 Å². The first-order valence-corrected chi connectivity index (χ1v) is 8.96. The van der Waals surface area contributed by atoms with E-state index in [0.717, 1.165) is 25.1 Å². The highest BCUT2D eigenvalue weighted by molar-refractivity contribution is 5.99.